The molecule has 2 aromatic carbocycles. The molecule has 35 heavy (non-hydrogen) atoms. The fraction of sp³-hybridized carbons (Fsp3) is 0.333. The molecule has 8 nitrogen and oxygen atoms in total. The van der Waals surface area contributed by atoms with Gasteiger partial charge in [0.25, 0.3) is 0 Å². The normalized spacial score (nSPS) is 15.7. The van der Waals surface area contributed by atoms with Crippen molar-refractivity contribution in [2.75, 3.05) is 56.7 Å². The maximum atomic E-state index is 5.91. The first-order valence-corrected chi connectivity index (χ1v) is 12.3. The Balaban J connectivity index is 1.17. The van der Waals surface area contributed by atoms with Gasteiger partial charge in [-0.15, -0.1) is 5.10 Å². The van der Waals surface area contributed by atoms with Crippen molar-refractivity contribution in [3.63, 3.8) is 0 Å². The maximum Gasteiger partial charge on any atom is 0.247 e. The molecule has 1 saturated heterocycles. The zero-order chi connectivity index (χ0) is 23.6. The number of aromatic nitrogens is 3. The van der Waals surface area contributed by atoms with E-state index in [9.17, 15) is 0 Å². The van der Waals surface area contributed by atoms with Gasteiger partial charge in [-0.3, -0.25) is 4.90 Å². The van der Waals surface area contributed by atoms with Gasteiger partial charge in [0, 0.05) is 24.8 Å². The number of benzene rings is 2. The van der Waals surface area contributed by atoms with Crippen molar-refractivity contribution in [3.05, 3.63) is 60.7 Å². The molecule has 0 bridgehead atoms. The molecule has 1 N–H and O–H groups in total. The largest absolute Gasteiger partial charge is 0.492 e. The van der Waals surface area contributed by atoms with Crippen LogP contribution in [0.15, 0.2) is 60.7 Å². The van der Waals surface area contributed by atoms with Crippen LogP contribution in [0.4, 0.5) is 17.3 Å². The summed E-state index contributed by atoms with van der Waals surface area (Å²) in [6, 6.07) is 20.3. The first-order valence-electron chi connectivity index (χ1n) is 12.3. The third kappa shape index (κ3) is 4.61. The molecule has 0 amide bonds. The van der Waals surface area contributed by atoms with Crippen LogP contribution in [0.5, 0.6) is 11.5 Å². The van der Waals surface area contributed by atoms with Crippen LogP contribution in [0.2, 0.25) is 0 Å². The molecule has 0 aliphatic carbocycles. The van der Waals surface area contributed by atoms with Gasteiger partial charge >= 0.3 is 0 Å². The van der Waals surface area contributed by atoms with E-state index in [4.69, 9.17) is 14.6 Å². The van der Waals surface area contributed by atoms with Crippen molar-refractivity contribution in [2.24, 2.45) is 0 Å². The van der Waals surface area contributed by atoms with E-state index in [1.54, 1.807) is 0 Å². The molecule has 180 valence electrons. The molecule has 2 aromatic heterocycles. The van der Waals surface area contributed by atoms with E-state index in [-0.39, 0.29) is 0 Å². The number of likely N-dealkylation sites (N-methyl/N-ethyl adjacent to an activating group) is 1. The molecule has 0 radical (unpaired) electrons. The summed E-state index contributed by atoms with van der Waals surface area (Å²) in [5.74, 6) is 2.32. The summed E-state index contributed by atoms with van der Waals surface area (Å²) >= 11 is 0. The Morgan fingerprint density at radius 1 is 1.00 bits per heavy atom. The quantitative estimate of drug-likeness (QED) is 0.428. The Bertz CT molecular complexity index is 1310. The van der Waals surface area contributed by atoms with Crippen LogP contribution in [-0.4, -0.2) is 65.9 Å². The summed E-state index contributed by atoms with van der Waals surface area (Å²) in [4.78, 5) is 9.34. The van der Waals surface area contributed by atoms with Crippen molar-refractivity contribution >= 4 is 23.0 Å². The molecule has 0 saturated carbocycles. The Kier molecular flexibility index (Phi) is 5.88. The summed E-state index contributed by atoms with van der Waals surface area (Å²) in [7, 11) is 2.09. The minimum Gasteiger partial charge on any atom is -0.492 e. The van der Waals surface area contributed by atoms with Crippen LogP contribution in [0, 0.1) is 0 Å². The van der Waals surface area contributed by atoms with Crippen LogP contribution in [0.25, 0.3) is 16.9 Å². The van der Waals surface area contributed by atoms with Crippen molar-refractivity contribution < 1.29 is 9.47 Å². The molecule has 1 fully saturated rings. The van der Waals surface area contributed by atoms with Crippen LogP contribution in [-0.2, 0) is 0 Å². The van der Waals surface area contributed by atoms with Gasteiger partial charge in [-0.1, -0.05) is 12.1 Å². The number of ether oxygens (including phenoxy) is 2. The fourth-order valence-corrected chi connectivity index (χ4v) is 4.76. The minimum absolute atomic E-state index is 0.550. The molecule has 2 aliphatic rings. The van der Waals surface area contributed by atoms with E-state index in [0.29, 0.717) is 19.2 Å². The standard InChI is InChI=1S/C27H30N6O2/c1-31-15-17-35-25-19-20(7-12-24(25)31)23-5-4-6-26-29-27(30-33(23)26)28-21-8-10-22(11-9-21)34-18-16-32-13-2-3-14-32/h4-12,19H,2-3,13-18H2,1H3,(H,28,30). The average Bonchev–Trinajstić information content (AvgIpc) is 3.54. The lowest BCUT2D eigenvalue weighted by Gasteiger charge is -2.28. The number of hydrogen-bond acceptors (Lipinski definition) is 7. The van der Waals surface area contributed by atoms with E-state index in [2.05, 4.69) is 45.3 Å². The molecule has 2 aliphatic heterocycles. The number of pyridine rings is 1. The molecular weight excluding hydrogens is 440 g/mol. The SMILES string of the molecule is CN1CCOc2cc(-c3cccc4nc(Nc5ccc(OCCN6CCCC6)cc5)nn34)ccc21. The molecule has 6 rings (SSSR count). The highest BCUT2D eigenvalue weighted by Gasteiger charge is 2.17. The second-order valence-electron chi connectivity index (χ2n) is 9.12. The second kappa shape index (κ2) is 9.46. The van der Waals surface area contributed by atoms with E-state index >= 15 is 0 Å². The number of hydrogen-bond donors (Lipinski definition) is 1. The Hall–Kier alpha value is -3.78. The van der Waals surface area contributed by atoms with Gasteiger partial charge in [0.15, 0.2) is 5.65 Å². The second-order valence-corrected chi connectivity index (χ2v) is 9.12. The number of nitrogens with zero attached hydrogens (tertiary/aromatic N) is 5. The third-order valence-corrected chi connectivity index (χ3v) is 6.70. The van der Waals surface area contributed by atoms with Gasteiger partial charge in [0.05, 0.1) is 17.9 Å². The Morgan fingerprint density at radius 2 is 1.86 bits per heavy atom. The monoisotopic (exact) mass is 470 g/mol. The highest BCUT2D eigenvalue weighted by atomic mass is 16.5. The highest BCUT2D eigenvalue weighted by Crippen LogP contribution is 2.35. The highest BCUT2D eigenvalue weighted by molar-refractivity contribution is 5.72. The smallest absolute Gasteiger partial charge is 0.247 e. The summed E-state index contributed by atoms with van der Waals surface area (Å²) in [5, 5.41) is 8.05. The maximum absolute atomic E-state index is 5.91. The van der Waals surface area contributed by atoms with E-state index < -0.39 is 0 Å². The zero-order valence-electron chi connectivity index (χ0n) is 20.0. The first-order chi connectivity index (χ1) is 17.2. The average molecular weight is 471 g/mol. The molecule has 4 aromatic rings. The number of anilines is 3. The zero-order valence-corrected chi connectivity index (χ0v) is 20.0. The Labute approximate surface area is 205 Å². The van der Waals surface area contributed by atoms with Gasteiger partial charge in [0.2, 0.25) is 5.95 Å². The van der Waals surface area contributed by atoms with E-state index in [1.807, 2.05) is 47.0 Å². The lowest BCUT2D eigenvalue weighted by molar-refractivity contribution is 0.238. The van der Waals surface area contributed by atoms with Gasteiger partial charge in [-0.2, -0.15) is 4.98 Å². The molecule has 0 spiro atoms. The molecule has 0 unspecified atom stereocenters. The lowest BCUT2D eigenvalue weighted by Crippen LogP contribution is -2.28. The number of nitrogens with one attached hydrogen (secondary N) is 1. The molecular formula is C27H30N6O2. The number of fused-ring (bicyclic) bond motifs is 2. The summed E-state index contributed by atoms with van der Waals surface area (Å²) in [6.07, 6.45) is 2.61. The van der Waals surface area contributed by atoms with Crippen molar-refractivity contribution in [2.45, 2.75) is 12.8 Å². The summed E-state index contributed by atoms with van der Waals surface area (Å²) in [6.45, 7) is 5.67. The van der Waals surface area contributed by atoms with Crippen molar-refractivity contribution in [3.8, 4) is 22.8 Å². The van der Waals surface area contributed by atoms with Crippen LogP contribution < -0.4 is 19.7 Å². The molecule has 8 heteroatoms. The Morgan fingerprint density at radius 3 is 2.71 bits per heavy atom. The van der Waals surface area contributed by atoms with Crippen LogP contribution in [0.3, 0.4) is 0 Å². The predicted octanol–water partition coefficient (Wildman–Crippen LogP) is 4.44. The van der Waals surface area contributed by atoms with E-state index in [0.717, 1.165) is 52.9 Å². The van der Waals surface area contributed by atoms with Gasteiger partial charge in [-0.05, 0) is 74.5 Å². The first kappa shape index (κ1) is 21.7. The molecule has 4 heterocycles. The number of rotatable bonds is 7. The van der Waals surface area contributed by atoms with E-state index in [1.165, 1.54) is 25.9 Å². The van der Waals surface area contributed by atoms with Crippen LogP contribution >= 0.6 is 0 Å². The number of likely N-dealkylation sites (tertiary alicyclic amines) is 1. The molecule has 0 atom stereocenters. The minimum atomic E-state index is 0.550. The third-order valence-electron chi connectivity index (χ3n) is 6.70. The predicted molar refractivity (Wildman–Crippen MR) is 138 cm³/mol. The summed E-state index contributed by atoms with van der Waals surface area (Å²) < 4.78 is 13.7. The van der Waals surface area contributed by atoms with Gasteiger partial charge < -0.3 is 19.7 Å². The topological polar surface area (TPSA) is 67.2 Å². The van der Waals surface area contributed by atoms with Crippen molar-refractivity contribution in [1.82, 2.24) is 19.5 Å². The lowest BCUT2D eigenvalue weighted by atomic mass is 10.1. The van der Waals surface area contributed by atoms with Gasteiger partial charge in [-0.25, -0.2) is 4.52 Å². The van der Waals surface area contributed by atoms with Gasteiger partial charge in [0.1, 0.15) is 24.7 Å². The van der Waals surface area contributed by atoms with Crippen molar-refractivity contribution in [1.29, 1.82) is 0 Å². The fourth-order valence-electron chi connectivity index (χ4n) is 4.76. The summed E-state index contributed by atoms with van der Waals surface area (Å²) in [5.41, 5.74) is 4.81. The van der Waals surface area contributed by atoms with Crippen LogP contribution in [0.1, 0.15) is 12.8 Å².